The number of nitrogens with zero attached hydrogens (tertiary/aromatic N) is 1. The van der Waals surface area contributed by atoms with Crippen molar-refractivity contribution in [3.63, 3.8) is 0 Å². The number of ether oxygens (including phenoxy) is 1. The van der Waals surface area contributed by atoms with Crippen LogP contribution in [0, 0.1) is 0 Å². The van der Waals surface area contributed by atoms with Gasteiger partial charge in [0.25, 0.3) is 0 Å². The minimum atomic E-state index is 0.221. The molecular formula is C13H17BrN2OS. The Labute approximate surface area is 122 Å². The summed E-state index contributed by atoms with van der Waals surface area (Å²) in [6.45, 7) is 5.83. The van der Waals surface area contributed by atoms with Crippen LogP contribution in [0.15, 0.2) is 28.7 Å². The summed E-state index contributed by atoms with van der Waals surface area (Å²) in [6, 6.07) is 8.00. The third kappa shape index (κ3) is 3.67. The molecule has 1 aromatic rings. The molecule has 0 amide bonds. The first-order chi connectivity index (χ1) is 8.54. The molecule has 0 unspecified atom stereocenters. The van der Waals surface area contributed by atoms with Crippen LogP contribution >= 0.6 is 28.1 Å². The van der Waals surface area contributed by atoms with Gasteiger partial charge in [-0.05, 0) is 50.3 Å². The highest BCUT2D eigenvalue weighted by Crippen LogP contribution is 2.16. The number of anilines is 1. The molecular weight excluding hydrogens is 312 g/mol. The Hall–Kier alpha value is -0.650. The van der Waals surface area contributed by atoms with E-state index in [0.717, 1.165) is 28.4 Å². The van der Waals surface area contributed by atoms with Crippen molar-refractivity contribution < 1.29 is 4.74 Å². The quantitative estimate of drug-likeness (QED) is 0.800. The van der Waals surface area contributed by atoms with Crippen LogP contribution in [0.2, 0.25) is 0 Å². The van der Waals surface area contributed by atoms with E-state index in [4.69, 9.17) is 17.0 Å². The Morgan fingerprint density at radius 3 is 2.39 bits per heavy atom. The maximum atomic E-state index is 5.70. The van der Waals surface area contributed by atoms with E-state index < -0.39 is 0 Å². The van der Waals surface area contributed by atoms with Crippen LogP contribution < -0.4 is 5.32 Å². The molecule has 0 aliphatic carbocycles. The molecule has 0 aromatic heterocycles. The number of benzene rings is 1. The Kier molecular flexibility index (Phi) is 4.59. The van der Waals surface area contributed by atoms with Gasteiger partial charge in [0, 0.05) is 23.2 Å². The molecule has 1 aromatic carbocycles. The Bertz CT molecular complexity index is 414. The van der Waals surface area contributed by atoms with Gasteiger partial charge in [-0.25, -0.2) is 0 Å². The molecule has 1 fully saturated rings. The molecule has 1 N–H and O–H groups in total. The molecule has 0 saturated carbocycles. The van der Waals surface area contributed by atoms with Crippen LogP contribution in [0.5, 0.6) is 0 Å². The lowest BCUT2D eigenvalue weighted by Crippen LogP contribution is -2.49. The van der Waals surface area contributed by atoms with Crippen molar-refractivity contribution in [2.24, 2.45) is 0 Å². The summed E-state index contributed by atoms with van der Waals surface area (Å²) in [5.74, 6) is 0. The van der Waals surface area contributed by atoms with Gasteiger partial charge in [-0.3, -0.25) is 0 Å². The van der Waals surface area contributed by atoms with Gasteiger partial charge in [0.1, 0.15) is 0 Å². The maximum absolute atomic E-state index is 5.70. The predicted octanol–water partition coefficient (Wildman–Crippen LogP) is 3.26. The second-order valence-electron chi connectivity index (χ2n) is 4.60. The van der Waals surface area contributed by atoms with Crippen LogP contribution in [0.25, 0.3) is 0 Å². The Morgan fingerprint density at radius 1 is 1.28 bits per heavy atom. The number of hydrogen-bond donors (Lipinski definition) is 1. The van der Waals surface area contributed by atoms with Crippen LogP contribution in [0.1, 0.15) is 13.8 Å². The summed E-state index contributed by atoms with van der Waals surface area (Å²) < 4.78 is 6.76. The summed E-state index contributed by atoms with van der Waals surface area (Å²) in [7, 11) is 0. The lowest BCUT2D eigenvalue weighted by Gasteiger charge is -2.36. The lowest BCUT2D eigenvalue weighted by molar-refractivity contribution is -0.0473. The SMILES string of the molecule is C[C@@H]1CN(C(=S)Nc2ccc(Br)cc2)C[C@H](C)O1. The molecule has 0 radical (unpaired) electrons. The summed E-state index contributed by atoms with van der Waals surface area (Å²) in [5, 5.41) is 4.02. The molecule has 18 heavy (non-hydrogen) atoms. The molecule has 0 spiro atoms. The number of morpholine rings is 1. The molecule has 0 bridgehead atoms. The highest BCUT2D eigenvalue weighted by molar-refractivity contribution is 9.10. The second kappa shape index (κ2) is 5.99. The molecule has 3 nitrogen and oxygen atoms in total. The molecule has 2 atom stereocenters. The van der Waals surface area contributed by atoms with E-state index in [9.17, 15) is 0 Å². The van der Waals surface area contributed by atoms with Gasteiger partial charge in [-0.1, -0.05) is 15.9 Å². The topological polar surface area (TPSA) is 24.5 Å². The number of rotatable bonds is 1. The van der Waals surface area contributed by atoms with Crippen LogP contribution in [-0.2, 0) is 4.74 Å². The van der Waals surface area contributed by atoms with E-state index in [1.165, 1.54) is 0 Å². The fourth-order valence-corrected chi connectivity index (χ4v) is 2.61. The zero-order valence-corrected chi connectivity index (χ0v) is 12.9. The van der Waals surface area contributed by atoms with E-state index in [0.29, 0.717) is 0 Å². The predicted molar refractivity (Wildman–Crippen MR) is 81.9 cm³/mol. The molecule has 1 aliphatic rings. The number of thiocarbonyl (C=S) groups is 1. The first-order valence-corrected chi connectivity index (χ1v) is 7.21. The summed E-state index contributed by atoms with van der Waals surface area (Å²) in [5.41, 5.74) is 1.01. The summed E-state index contributed by atoms with van der Waals surface area (Å²) >= 11 is 8.86. The Morgan fingerprint density at radius 2 is 1.83 bits per heavy atom. The number of hydrogen-bond acceptors (Lipinski definition) is 2. The van der Waals surface area contributed by atoms with Crippen molar-refractivity contribution in [2.45, 2.75) is 26.1 Å². The standard InChI is InChI=1S/C13H17BrN2OS/c1-9-7-16(8-10(2)17-9)13(18)15-12-5-3-11(14)4-6-12/h3-6,9-10H,7-8H2,1-2H3,(H,15,18)/t9-,10+. The van der Waals surface area contributed by atoms with E-state index >= 15 is 0 Å². The molecule has 98 valence electrons. The first-order valence-electron chi connectivity index (χ1n) is 6.01. The van der Waals surface area contributed by atoms with Gasteiger partial charge in [0.05, 0.1) is 12.2 Å². The van der Waals surface area contributed by atoms with Crippen molar-refractivity contribution in [1.82, 2.24) is 4.90 Å². The zero-order chi connectivity index (χ0) is 13.1. The lowest BCUT2D eigenvalue weighted by atomic mass is 10.2. The van der Waals surface area contributed by atoms with Crippen molar-refractivity contribution in [1.29, 1.82) is 0 Å². The van der Waals surface area contributed by atoms with Gasteiger partial charge >= 0.3 is 0 Å². The summed E-state index contributed by atoms with van der Waals surface area (Å²) in [6.07, 6.45) is 0.442. The Balaban J connectivity index is 1.97. The van der Waals surface area contributed by atoms with Gasteiger partial charge in [-0.2, -0.15) is 0 Å². The molecule has 1 aliphatic heterocycles. The van der Waals surface area contributed by atoms with Crippen LogP contribution in [-0.4, -0.2) is 35.3 Å². The van der Waals surface area contributed by atoms with Crippen LogP contribution in [0.4, 0.5) is 5.69 Å². The van der Waals surface area contributed by atoms with Gasteiger partial charge < -0.3 is 15.0 Å². The van der Waals surface area contributed by atoms with Crippen molar-refractivity contribution in [2.75, 3.05) is 18.4 Å². The van der Waals surface area contributed by atoms with Gasteiger partial charge in [0.15, 0.2) is 5.11 Å². The van der Waals surface area contributed by atoms with Gasteiger partial charge in [-0.15, -0.1) is 0 Å². The van der Waals surface area contributed by atoms with Gasteiger partial charge in [0.2, 0.25) is 0 Å². The van der Waals surface area contributed by atoms with Crippen molar-refractivity contribution >= 4 is 38.9 Å². The third-order valence-electron chi connectivity index (χ3n) is 2.80. The molecule has 2 rings (SSSR count). The third-order valence-corrected chi connectivity index (χ3v) is 3.69. The molecule has 1 heterocycles. The fraction of sp³-hybridized carbons (Fsp3) is 0.462. The van der Waals surface area contributed by atoms with E-state index in [1.54, 1.807) is 0 Å². The van der Waals surface area contributed by atoms with Crippen molar-refractivity contribution in [3.05, 3.63) is 28.7 Å². The van der Waals surface area contributed by atoms with Crippen LogP contribution in [0.3, 0.4) is 0 Å². The molecule has 1 saturated heterocycles. The monoisotopic (exact) mass is 328 g/mol. The zero-order valence-electron chi connectivity index (χ0n) is 10.5. The fourth-order valence-electron chi connectivity index (χ4n) is 2.08. The van der Waals surface area contributed by atoms with Crippen molar-refractivity contribution in [3.8, 4) is 0 Å². The number of halogens is 1. The normalized spacial score (nSPS) is 23.8. The average Bonchev–Trinajstić information content (AvgIpc) is 2.31. The largest absolute Gasteiger partial charge is 0.372 e. The first kappa shape index (κ1) is 13.8. The maximum Gasteiger partial charge on any atom is 0.173 e. The minimum absolute atomic E-state index is 0.221. The average molecular weight is 329 g/mol. The number of nitrogens with one attached hydrogen (secondary N) is 1. The van der Waals surface area contributed by atoms with E-state index in [-0.39, 0.29) is 12.2 Å². The van der Waals surface area contributed by atoms with E-state index in [2.05, 4.69) is 40.0 Å². The highest BCUT2D eigenvalue weighted by Gasteiger charge is 2.23. The highest BCUT2D eigenvalue weighted by atomic mass is 79.9. The summed E-state index contributed by atoms with van der Waals surface area (Å²) in [4.78, 5) is 2.16. The second-order valence-corrected chi connectivity index (χ2v) is 5.90. The minimum Gasteiger partial charge on any atom is -0.372 e. The van der Waals surface area contributed by atoms with E-state index in [1.807, 2.05) is 24.3 Å². The molecule has 5 heteroatoms. The smallest absolute Gasteiger partial charge is 0.173 e.